The smallest absolute Gasteiger partial charge is 0.119 e. The lowest BCUT2D eigenvalue weighted by molar-refractivity contribution is 0.180. The van der Waals surface area contributed by atoms with Crippen LogP contribution in [0.1, 0.15) is 5.56 Å². The topological polar surface area (TPSA) is 44.5 Å². The predicted molar refractivity (Wildman–Crippen MR) is 56.5 cm³/mol. The largest absolute Gasteiger partial charge is 0.497 e. The molecule has 0 amide bonds. The molecule has 0 fully saturated rings. The fourth-order valence-corrected chi connectivity index (χ4v) is 1.38. The van der Waals surface area contributed by atoms with Crippen molar-refractivity contribution in [2.75, 3.05) is 20.8 Å². The minimum atomic E-state index is 0.0482. The predicted octanol–water partition coefficient (Wildman–Crippen LogP) is 1.21. The maximum atomic E-state index is 5.84. The van der Waals surface area contributed by atoms with E-state index in [0.29, 0.717) is 6.61 Å². The highest BCUT2D eigenvalue weighted by atomic mass is 16.5. The summed E-state index contributed by atoms with van der Waals surface area (Å²) in [6.45, 7) is 0.581. The van der Waals surface area contributed by atoms with Gasteiger partial charge in [-0.05, 0) is 24.1 Å². The third-order valence-corrected chi connectivity index (χ3v) is 2.01. The summed E-state index contributed by atoms with van der Waals surface area (Å²) in [6, 6.07) is 7.97. The van der Waals surface area contributed by atoms with Crippen LogP contribution in [0.5, 0.6) is 5.75 Å². The van der Waals surface area contributed by atoms with Gasteiger partial charge in [-0.15, -0.1) is 0 Å². The zero-order valence-electron chi connectivity index (χ0n) is 8.69. The molecular formula is C11H17NO2. The van der Waals surface area contributed by atoms with Crippen LogP contribution < -0.4 is 10.5 Å². The number of hydrogen-bond acceptors (Lipinski definition) is 3. The molecular weight excluding hydrogens is 178 g/mol. The van der Waals surface area contributed by atoms with Crippen molar-refractivity contribution in [3.63, 3.8) is 0 Å². The van der Waals surface area contributed by atoms with Crippen molar-refractivity contribution < 1.29 is 9.47 Å². The number of nitrogens with two attached hydrogens (primary N) is 1. The van der Waals surface area contributed by atoms with Crippen molar-refractivity contribution >= 4 is 0 Å². The zero-order valence-corrected chi connectivity index (χ0v) is 8.69. The first-order valence-corrected chi connectivity index (χ1v) is 4.63. The Morgan fingerprint density at radius 3 is 2.79 bits per heavy atom. The lowest BCUT2D eigenvalue weighted by Gasteiger charge is -2.10. The second-order valence-corrected chi connectivity index (χ2v) is 3.27. The second-order valence-electron chi connectivity index (χ2n) is 3.27. The van der Waals surface area contributed by atoms with E-state index in [4.69, 9.17) is 15.2 Å². The van der Waals surface area contributed by atoms with E-state index >= 15 is 0 Å². The van der Waals surface area contributed by atoms with Gasteiger partial charge in [0.2, 0.25) is 0 Å². The van der Waals surface area contributed by atoms with Crippen LogP contribution in [0.25, 0.3) is 0 Å². The van der Waals surface area contributed by atoms with Gasteiger partial charge >= 0.3 is 0 Å². The van der Waals surface area contributed by atoms with E-state index < -0.39 is 0 Å². The summed E-state index contributed by atoms with van der Waals surface area (Å²) in [5.41, 5.74) is 7.02. The van der Waals surface area contributed by atoms with Crippen molar-refractivity contribution in [2.45, 2.75) is 12.5 Å². The number of methoxy groups -OCH3 is 2. The molecule has 78 valence electrons. The van der Waals surface area contributed by atoms with Crippen LogP contribution in [0.3, 0.4) is 0 Å². The molecule has 3 heteroatoms. The van der Waals surface area contributed by atoms with Crippen molar-refractivity contribution in [3.05, 3.63) is 29.8 Å². The molecule has 0 bridgehead atoms. The number of hydrogen-bond donors (Lipinski definition) is 1. The molecule has 1 aromatic rings. The molecule has 0 heterocycles. The first kappa shape index (κ1) is 11.0. The normalized spacial score (nSPS) is 12.5. The molecule has 0 aliphatic carbocycles. The first-order chi connectivity index (χ1) is 6.76. The molecule has 0 radical (unpaired) electrons. The minimum absolute atomic E-state index is 0.0482. The Kier molecular flexibility index (Phi) is 4.43. The molecule has 1 unspecified atom stereocenters. The van der Waals surface area contributed by atoms with Gasteiger partial charge in [-0.1, -0.05) is 12.1 Å². The van der Waals surface area contributed by atoms with Gasteiger partial charge in [0.05, 0.1) is 13.7 Å². The lowest BCUT2D eigenvalue weighted by atomic mass is 10.1. The van der Waals surface area contributed by atoms with Gasteiger partial charge in [-0.2, -0.15) is 0 Å². The van der Waals surface area contributed by atoms with Crippen molar-refractivity contribution in [2.24, 2.45) is 5.73 Å². The standard InChI is InChI=1S/C11H17NO2/c1-13-8-10(12)6-9-4-3-5-11(7-9)14-2/h3-5,7,10H,6,8,12H2,1-2H3. The third kappa shape index (κ3) is 3.36. The van der Waals surface area contributed by atoms with E-state index in [0.717, 1.165) is 12.2 Å². The van der Waals surface area contributed by atoms with Gasteiger partial charge in [-0.25, -0.2) is 0 Å². The fourth-order valence-electron chi connectivity index (χ4n) is 1.38. The van der Waals surface area contributed by atoms with E-state index in [2.05, 4.69) is 0 Å². The quantitative estimate of drug-likeness (QED) is 0.768. The van der Waals surface area contributed by atoms with E-state index in [1.807, 2.05) is 24.3 Å². The van der Waals surface area contributed by atoms with E-state index in [-0.39, 0.29) is 6.04 Å². The van der Waals surface area contributed by atoms with Crippen LogP contribution >= 0.6 is 0 Å². The Labute approximate surface area is 84.8 Å². The summed E-state index contributed by atoms with van der Waals surface area (Å²) in [7, 11) is 3.32. The second kappa shape index (κ2) is 5.62. The summed E-state index contributed by atoms with van der Waals surface area (Å²) >= 11 is 0. The van der Waals surface area contributed by atoms with Crippen LogP contribution in [0.15, 0.2) is 24.3 Å². The van der Waals surface area contributed by atoms with E-state index in [1.54, 1.807) is 14.2 Å². The highest BCUT2D eigenvalue weighted by Gasteiger charge is 2.03. The van der Waals surface area contributed by atoms with Crippen LogP contribution in [0.4, 0.5) is 0 Å². The van der Waals surface area contributed by atoms with Gasteiger partial charge in [0, 0.05) is 13.2 Å². The Morgan fingerprint density at radius 2 is 2.14 bits per heavy atom. The number of benzene rings is 1. The summed E-state index contributed by atoms with van der Waals surface area (Å²) in [4.78, 5) is 0. The number of ether oxygens (including phenoxy) is 2. The summed E-state index contributed by atoms with van der Waals surface area (Å²) in [5.74, 6) is 0.868. The molecule has 0 saturated heterocycles. The highest BCUT2D eigenvalue weighted by molar-refractivity contribution is 5.28. The molecule has 14 heavy (non-hydrogen) atoms. The summed E-state index contributed by atoms with van der Waals surface area (Å²) in [6.07, 6.45) is 0.811. The van der Waals surface area contributed by atoms with Crippen LogP contribution in [-0.2, 0) is 11.2 Å². The van der Waals surface area contributed by atoms with Gasteiger partial charge in [0.25, 0.3) is 0 Å². The molecule has 0 aliphatic rings. The maximum Gasteiger partial charge on any atom is 0.119 e. The van der Waals surface area contributed by atoms with E-state index in [1.165, 1.54) is 5.56 Å². The van der Waals surface area contributed by atoms with Crippen molar-refractivity contribution in [3.8, 4) is 5.75 Å². The highest BCUT2D eigenvalue weighted by Crippen LogP contribution is 2.13. The Morgan fingerprint density at radius 1 is 1.36 bits per heavy atom. The first-order valence-electron chi connectivity index (χ1n) is 4.63. The average Bonchev–Trinajstić information content (AvgIpc) is 2.18. The molecule has 0 aromatic heterocycles. The molecule has 1 atom stereocenters. The fraction of sp³-hybridized carbons (Fsp3) is 0.455. The molecule has 1 rings (SSSR count). The molecule has 2 N–H and O–H groups in total. The molecule has 0 aliphatic heterocycles. The summed E-state index contributed by atoms with van der Waals surface area (Å²) in [5, 5.41) is 0. The van der Waals surface area contributed by atoms with Gasteiger partial charge < -0.3 is 15.2 Å². The monoisotopic (exact) mass is 195 g/mol. The van der Waals surface area contributed by atoms with Gasteiger partial charge in [-0.3, -0.25) is 0 Å². The molecule has 0 saturated carbocycles. The number of rotatable bonds is 5. The minimum Gasteiger partial charge on any atom is -0.497 e. The maximum absolute atomic E-state index is 5.84. The van der Waals surface area contributed by atoms with Crippen LogP contribution in [0, 0.1) is 0 Å². The SMILES string of the molecule is COCC(N)Cc1cccc(OC)c1. The Hall–Kier alpha value is -1.06. The van der Waals surface area contributed by atoms with Crippen LogP contribution in [0.2, 0.25) is 0 Å². The lowest BCUT2D eigenvalue weighted by Crippen LogP contribution is -2.27. The third-order valence-electron chi connectivity index (χ3n) is 2.01. The molecule has 0 spiro atoms. The zero-order chi connectivity index (χ0) is 10.4. The van der Waals surface area contributed by atoms with Gasteiger partial charge in [0.15, 0.2) is 0 Å². The van der Waals surface area contributed by atoms with Crippen LogP contribution in [-0.4, -0.2) is 26.9 Å². The Bertz CT molecular complexity index is 276. The van der Waals surface area contributed by atoms with Crippen molar-refractivity contribution in [1.29, 1.82) is 0 Å². The van der Waals surface area contributed by atoms with Crippen molar-refractivity contribution in [1.82, 2.24) is 0 Å². The summed E-state index contributed by atoms with van der Waals surface area (Å²) < 4.78 is 10.1. The molecule has 1 aromatic carbocycles. The molecule has 3 nitrogen and oxygen atoms in total. The Balaban J connectivity index is 2.57. The van der Waals surface area contributed by atoms with E-state index in [9.17, 15) is 0 Å². The van der Waals surface area contributed by atoms with Gasteiger partial charge in [0.1, 0.15) is 5.75 Å². The average molecular weight is 195 g/mol.